The van der Waals surface area contributed by atoms with Crippen molar-refractivity contribution in [1.29, 1.82) is 0 Å². The van der Waals surface area contributed by atoms with E-state index in [1.807, 2.05) is 43.3 Å². The van der Waals surface area contributed by atoms with Gasteiger partial charge in [0.1, 0.15) is 6.54 Å². The third-order valence-corrected chi connectivity index (χ3v) is 3.24. The summed E-state index contributed by atoms with van der Waals surface area (Å²) in [5.74, 6) is 0. The first kappa shape index (κ1) is 17.7. The van der Waals surface area contributed by atoms with Crippen molar-refractivity contribution in [3.05, 3.63) is 59.4 Å². The van der Waals surface area contributed by atoms with Crippen LogP contribution in [-0.4, -0.2) is 5.71 Å². The van der Waals surface area contributed by atoms with E-state index in [1.165, 1.54) is 0 Å². The van der Waals surface area contributed by atoms with Gasteiger partial charge in [-0.2, -0.15) is 5.10 Å². The van der Waals surface area contributed by atoms with Crippen LogP contribution in [0.5, 0.6) is 0 Å². The van der Waals surface area contributed by atoms with Gasteiger partial charge in [0.15, 0.2) is 12.4 Å². The summed E-state index contributed by atoms with van der Waals surface area (Å²) >= 11 is 5.87. The van der Waals surface area contributed by atoms with Crippen molar-refractivity contribution in [3.63, 3.8) is 0 Å². The SMILES string of the molecule is CCC[n+]1ccc(N/N=C(\C)c2ccc(Cl)cc2)cc1.[Br-]. The van der Waals surface area contributed by atoms with E-state index in [0.717, 1.165) is 35.0 Å². The normalized spacial score (nSPS) is 10.9. The minimum atomic E-state index is 0. The van der Waals surface area contributed by atoms with Crippen LogP contribution in [0.1, 0.15) is 25.8 Å². The lowest BCUT2D eigenvalue weighted by atomic mass is 10.1. The Balaban J connectivity index is 0.00000220. The van der Waals surface area contributed by atoms with E-state index in [4.69, 9.17) is 11.6 Å². The molecular weight excluding hydrogens is 350 g/mol. The maximum Gasteiger partial charge on any atom is 0.170 e. The monoisotopic (exact) mass is 367 g/mol. The Morgan fingerprint density at radius 3 is 2.33 bits per heavy atom. The van der Waals surface area contributed by atoms with Gasteiger partial charge in [0.2, 0.25) is 0 Å². The quantitative estimate of drug-likeness (QED) is 0.474. The number of hydrogen-bond donors (Lipinski definition) is 1. The van der Waals surface area contributed by atoms with Crippen molar-refractivity contribution in [2.45, 2.75) is 26.8 Å². The second kappa shape index (κ2) is 8.80. The number of halogens is 2. The zero-order valence-corrected chi connectivity index (χ0v) is 14.5. The summed E-state index contributed by atoms with van der Waals surface area (Å²) in [5.41, 5.74) is 6.02. The summed E-state index contributed by atoms with van der Waals surface area (Å²) in [6.07, 6.45) is 5.24. The molecule has 0 unspecified atom stereocenters. The van der Waals surface area contributed by atoms with Gasteiger partial charge >= 0.3 is 0 Å². The third kappa shape index (κ3) is 5.48. The number of benzene rings is 1. The zero-order chi connectivity index (χ0) is 14.4. The molecule has 0 aliphatic heterocycles. The molecule has 1 heterocycles. The highest BCUT2D eigenvalue weighted by Gasteiger charge is 2.00. The topological polar surface area (TPSA) is 28.3 Å². The Hall–Kier alpha value is -1.39. The van der Waals surface area contributed by atoms with Gasteiger partial charge in [-0.25, -0.2) is 4.57 Å². The standard InChI is InChI=1S/C16H18ClN3.BrH/c1-3-10-20-11-8-16(9-12-20)19-18-13(2)14-4-6-15(17)7-5-14;/h4-9,11-12H,3,10H2,1-2H3;1H/b18-13+;. The minimum Gasteiger partial charge on any atom is -1.00 e. The predicted octanol–water partition coefficient (Wildman–Crippen LogP) is 0.878. The molecule has 0 radical (unpaired) electrons. The molecule has 5 heteroatoms. The molecule has 1 aromatic heterocycles. The van der Waals surface area contributed by atoms with Gasteiger partial charge in [0.05, 0.1) is 11.4 Å². The molecule has 0 aliphatic rings. The van der Waals surface area contributed by atoms with Crippen molar-refractivity contribution < 1.29 is 21.5 Å². The van der Waals surface area contributed by atoms with Crippen LogP contribution in [0.4, 0.5) is 5.69 Å². The fraction of sp³-hybridized carbons (Fsp3) is 0.250. The van der Waals surface area contributed by atoms with Gasteiger partial charge in [-0.05, 0) is 24.6 Å². The van der Waals surface area contributed by atoms with Crippen LogP contribution in [-0.2, 0) is 6.54 Å². The number of aromatic nitrogens is 1. The molecule has 21 heavy (non-hydrogen) atoms. The lowest BCUT2D eigenvalue weighted by molar-refractivity contribution is -0.696. The molecule has 2 aromatic rings. The highest BCUT2D eigenvalue weighted by Crippen LogP contribution is 2.11. The first-order valence-electron chi connectivity index (χ1n) is 6.74. The predicted molar refractivity (Wildman–Crippen MR) is 84.2 cm³/mol. The van der Waals surface area contributed by atoms with Crippen LogP contribution >= 0.6 is 11.6 Å². The van der Waals surface area contributed by atoms with Gasteiger partial charge in [-0.1, -0.05) is 30.7 Å². The fourth-order valence-corrected chi connectivity index (χ4v) is 1.97. The summed E-state index contributed by atoms with van der Waals surface area (Å²) < 4.78 is 2.15. The number of pyridine rings is 1. The fourth-order valence-electron chi connectivity index (χ4n) is 1.84. The second-order valence-corrected chi connectivity index (χ2v) is 5.08. The number of nitrogens with zero attached hydrogens (tertiary/aromatic N) is 2. The average molecular weight is 369 g/mol. The van der Waals surface area contributed by atoms with Crippen LogP contribution in [0.25, 0.3) is 0 Å². The summed E-state index contributed by atoms with van der Waals surface area (Å²) in [4.78, 5) is 0. The number of rotatable bonds is 5. The van der Waals surface area contributed by atoms with Crippen molar-refractivity contribution in [1.82, 2.24) is 0 Å². The lowest BCUT2D eigenvalue weighted by Gasteiger charge is -2.03. The van der Waals surface area contributed by atoms with E-state index < -0.39 is 0 Å². The van der Waals surface area contributed by atoms with Gasteiger partial charge in [0, 0.05) is 23.6 Å². The molecular formula is C16H19BrClN3. The molecule has 0 saturated carbocycles. The molecule has 0 atom stereocenters. The van der Waals surface area contributed by atoms with E-state index in [-0.39, 0.29) is 17.0 Å². The van der Waals surface area contributed by atoms with E-state index in [2.05, 4.69) is 34.4 Å². The minimum absolute atomic E-state index is 0. The Kier molecular flexibility index (Phi) is 7.40. The zero-order valence-electron chi connectivity index (χ0n) is 12.2. The lowest BCUT2D eigenvalue weighted by Crippen LogP contribution is -3.00. The Morgan fingerprint density at radius 1 is 1.14 bits per heavy atom. The van der Waals surface area contributed by atoms with Crippen LogP contribution in [0.15, 0.2) is 53.9 Å². The molecule has 0 aliphatic carbocycles. The van der Waals surface area contributed by atoms with Crippen LogP contribution < -0.4 is 27.0 Å². The summed E-state index contributed by atoms with van der Waals surface area (Å²) in [5, 5.41) is 5.12. The second-order valence-electron chi connectivity index (χ2n) is 4.64. The van der Waals surface area contributed by atoms with E-state index in [1.54, 1.807) is 0 Å². The summed E-state index contributed by atoms with van der Waals surface area (Å²) in [6.45, 7) is 5.17. The Bertz CT molecular complexity index is 579. The molecule has 2 rings (SSSR count). The number of nitrogens with one attached hydrogen (secondary N) is 1. The first-order chi connectivity index (χ1) is 9.69. The molecule has 0 saturated heterocycles. The number of hydrazone groups is 1. The van der Waals surface area contributed by atoms with E-state index in [9.17, 15) is 0 Å². The summed E-state index contributed by atoms with van der Waals surface area (Å²) in [7, 11) is 0. The highest BCUT2D eigenvalue weighted by molar-refractivity contribution is 6.30. The molecule has 1 N–H and O–H groups in total. The van der Waals surface area contributed by atoms with Crippen molar-refractivity contribution >= 4 is 23.0 Å². The van der Waals surface area contributed by atoms with Gasteiger partial charge in [-0.15, -0.1) is 0 Å². The smallest absolute Gasteiger partial charge is 0.170 e. The maximum absolute atomic E-state index is 5.87. The van der Waals surface area contributed by atoms with Crippen LogP contribution in [0.3, 0.4) is 0 Å². The Morgan fingerprint density at radius 2 is 1.76 bits per heavy atom. The molecule has 1 aromatic carbocycles. The Labute approximate surface area is 141 Å². The van der Waals surface area contributed by atoms with Crippen molar-refractivity contribution in [3.8, 4) is 0 Å². The molecule has 0 bridgehead atoms. The molecule has 0 fully saturated rings. The largest absolute Gasteiger partial charge is 1.00 e. The van der Waals surface area contributed by atoms with Gasteiger partial charge in [0.25, 0.3) is 0 Å². The maximum atomic E-state index is 5.87. The van der Waals surface area contributed by atoms with Crippen LogP contribution in [0.2, 0.25) is 5.02 Å². The van der Waals surface area contributed by atoms with Gasteiger partial charge < -0.3 is 17.0 Å². The number of aryl methyl sites for hydroxylation is 1. The molecule has 112 valence electrons. The molecule has 0 spiro atoms. The molecule has 3 nitrogen and oxygen atoms in total. The van der Waals surface area contributed by atoms with E-state index in [0.29, 0.717) is 0 Å². The highest BCUT2D eigenvalue weighted by atomic mass is 79.9. The van der Waals surface area contributed by atoms with E-state index >= 15 is 0 Å². The first-order valence-corrected chi connectivity index (χ1v) is 7.12. The summed E-state index contributed by atoms with van der Waals surface area (Å²) in [6, 6.07) is 11.7. The molecule has 0 amide bonds. The van der Waals surface area contributed by atoms with Crippen molar-refractivity contribution in [2.75, 3.05) is 5.43 Å². The van der Waals surface area contributed by atoms with Crippen LogP contribution in [0, 0.1) is 0 Å². The number of anilines is 1. The third-order valence-electron chi connectivity index (χ3n) is 2.99. The van der Waals surface area contributed by atoms with Crippen molar-refractivity contribution in [2.24, 2.45) is 5.10 Å². The van der Waals surface area contributed by atoms with Gasteiger partial charge in [-0.3, -0.25) is 5.43 Å². The average Bonchev–Trinajstić information content (AvgIpc) is 2.47. The number of hydrogen-bond acceptors (Lipinski definition) is 2.